The number of hydrogen-bond donors (Lipinski definition) is 1. The van der Waals surface area contributed by atoms with Crippen LogP contribution in [0, 0.1) is 39.0 Å². The minimum atomic E-state index is -7.05. The molecule has 50 heteroatoms. The Morgan fingerprint density at radius 1 is 0.366 bits per heavy atom. The van der Waals surface area contributed by atoms with Crippen molar-refractivity contribution in [3.05, 3.63) is 329 Å². The van der Waals surface area contributed by atoms with Crippen molar-refractivity contribution in [2.45, 2.75) is 128 Å². The number of thiophene rings is 14. The van der Waals surface area contributed by atoms with Crippen molar-refractivity contribution in [1.82, 2.24) is 4.98 Å². The number of alkyl halides is 30. The molecule has 3 aliphatic rings. The molecule has 18 rings (SSSR count). The first-order valence-corrected chi connectivity index (χ1v) is 51.4. The standard InChI is InChI=1S/C17H12F6S2.2C14H8F6S2.C13H6F10S2.C12H9NS2.C11H6F6S2.C11H7NS2/c1-4-10-7-12(9(3)25-10)14-13(11-5-6-24-8(11)2)15(18,19)17(22,23)16(14,20)21;1-6-7(5-9(22-6)8-3-2-4-21-8)13(18)11(16)10(15)12(17)14(13,19)20;1-6-7(5-9(22-6)8-3-2-4-21-8)10-11(15)12(16)14(19,20)13(10,17)18;14-9(15,7-3-1-5-24-7)11(18,19)13(22,23)12(20,21)10(16,17)8-4-2-6-25-8;1-3-11(14-7-1)9-5-6-10(13-9)12-4-2-8-15-12;12-9(13,7-3-1-5-18-7)11(16,17)10(14,15)8-4-2-6-19-8;12-6-5-9(10-3-1-7-13-10)11-4-2-8-14-11/h4-7H,1H2,2-3H3;2-5,11H,1H3;2-5,10H,1H3;1-6H;1-8,13H;1-6H;1-5,7-8H. The first-order valence-electron chi connectivity index (χ1n) is 39.3. The maximum absolute atomic E-state index is 14.8. The minimum Gasteiger partial charge on any atom is -0.353 e. The molecule has 0 bridgehead atoms. The van der Waals surface area contributed by atoms with E-state index in [-0.39, 0.29) is 58.9 Å². The van der Waals surface area contributed by atoms with Crippen LogP contribution in [0.1, 0.15) is 81.8 Å². The van der Waals surface area contributed by atoms with Crippen LogP contribution in [-0.2, 0) is 29.4 Å². The largest absolute Gasteiger partial charge is 0.385 e. The zero-order valence-corrected chi connectivity index (χ0v) is 82.3. The summed E-state index contributed by atoms with van der Waals surface area (Å²) >= 11 is 14.0. The van der Waals surface area contributed by atoms with Gasteiger partial charge in [-0.2, -0.15) is 128 Å². The number of nitriles is 1. The molecule has 1 N–H and O–H groups in total. The van der Waals surface area contributed by atoms with Crippen molar-refractivity contribution >= 4 is 182 Å². The molecule has 0 fully saturated rings. The molecular formula is C92H56F34N2S14. The molecule has 0 saturated carbocycles. The van der Waals surface area contributed by atoms with Crippen molar-refractivity contribution in [2.24, 2.45) is 0 Å². The minimum absolute atomic E-state index is 0.0516. The van der Waals surface area contributed by atoms with Gasteiger partial charge in [0.25, 0.3) is 0 Å². The van der Waals surface area contributed by atoms with Gasteiger partial charge in [0.1, 0.15) is 5.92 Å². The molecule has 3 atom stereocenters. The molecule has 142 heavy (non-hydrogen) atoms. The third-order valence-corrected chi connectivity index (χ3v) is 34.6. The normalized spacial score (nSPS) is 18.1. The van der Waals surface area contributed by atoms with Crippen LogP contribution < -0.4 is 0 Å². The molecule has 15 aromatic rings. The number of hydrogen-bond acceptors (Lipinski definition) is 15. The Labute approximate surface area is 838 Å². The van der Waals surface area contributed by atoms with E-state index in [0.29, 0.717) is 66.4 Å². The van der Waals surface area contributed by atoms with Crippen LogP contribution >= 0.6 is 159 Å². The molecule has 0 saturated heterocycles. The summed E-state index contributed by atoms with van der Waals surface area (Å²) in [7, 11) is 0. The van der Waals surface area contributed by atoms with E-state index in [1.807, 2.05) is 35.0 Å². The van der Waals surface area contributed by atoms with Crippen molar-refractivity contribution in [1.29, 1.82) is 5.26 Å². The molecule has 15 aromatic heterocycles. The zero-order valence-electron chi connectivity index (χ0n) is 70.9. The first kappa shape index (κ1) is 112. The smallest absolute Gasteiger partial charge is 0.353 e. The Balaban J connectivity index is 0.000000149. The van der Waals surface area contributed by atoms with Crippen molar-refractivity contribution in [2.75, 3.05) is 0 Å². The lowest BCUT2D eigenvalue weighted by Gasteiger charge is -2.38. The lowest BCUT2D eigenvalue weighted by Crippen LogP contribution is -2.65. The van der Waals surface area contributed by atoms with Gasteiger partial charge in [0.05, 0.1) is 46.7 Å². The van der Waals surface area contributed by atoms with Crippen molar-refractivity contribution in [3.63, 3.8) is 0 Å². The van der Waals surface area contributed by atoms with E-state index in [2.05, 4.69) is 64.8 Å². The average molecular weight is 2280 g/mol. The highest BCUT2D eigenvalue weighted by Crippen LogP contribution is 2.69. The molecule has 0 aromatic carbocycles. The molecule has 756 valence electrons. The number of aromatic nitrogens is 1. The van der Waals surface area contributed by atoms with Crippen LogP contribution in [0.4, 0.5) is 149 Å². The highest BCUT2D eigenvalue weighted by molar-refractivity contribution is 7.22. The van der Waals surface area contributed by atoms with E-state index in [1.54, 1.807) is 86.4 Å². The maximum atomic E-state index is 14.8. The fourth-order valence-corrected chi connectivity index (χ4v) is 25.1. The van der Waals surface area contributed by atoms with Gasteiger partial charge < -0.3 is 4.98 Å². The van der Waals surface area contributed by atoms with Crippen LogP contribution in [0.2, 0.25) is 0 Å². The molecule has 3 aliphatic carbocycles. The predicted molar refractivity (Wildman–Crippen MR) is 500 cm³/mol. The third kappa shape index (κ3) is 19.9. The highest BCUT2D eigenvalue weighted by Gasteiger charge is 2.87. The predicted octanol–water partition coefficient (Wildman–Crippen LogP) is 39.5. The fourth-order valence-electron chi connectivity index (χ4n) is 13.8. The number of rotatable bonds is 21. The van der Waals surface area contributed by atoms with Gasteiger partial charge in [0, 0.05) is 82.0 Å². The SMILES string of the molecule is C=Cc1cc(C2=C(c3ccsc3C)C(F)(F)C(F)(F)C2(F)F)c(C)s1.Cc1sc(-c2cccs2)cc1C1(F)C(F)C(F)=C(F)C1(F)F.Cc1sc(-c2cccs2)cc1C1C(F)=C(F)C(F)(F)C1(F)F.FC(F)(c1cccs1)C(F)(F)C(F)(F)C(F)(F)C(F)(F)c1cccs1.FC(F)(c1cccs1)C(F)(F)C(F)(F)c1cccs1.N#CC=C(c1cccs1)c1cccs1.c1csc(-c2ccc(-c3cccs3)[nH]2)c1. The number of allylic oxidation sites excluding steroid dienone is 7. The summed E-state index contributed by atoms with van der Waals surface area (Å²) in [4.78, 5) is 6.51. The molecule has 15 heterocycles. The topological polar surface area (TPSA) is 39.6 Å². The van der Waals surface area contributed by atoms with Gasteiger partial charge in [-0.3, -0.25) is 0 Å². The van der Waals surface area contributed by atoms with Crippen LogP contribution in [0.15, 0.2) is 253 Å². The summed E-state index contributed by atoms with van der Waals surface area (Å²) < 4.78 is 469. The second-order valence-corrected chi connectivity index (χ2v) is 44.2. The zero-order chi connectivity index (χ0) is 105. The van der Waals surface area contributed by atoms with Crippen molar-refractivity contribution < 1.29 is 149 Å². The van der Waals surface area contributed by atoms with Gasteiger partial charge in [0.2, 0.25) is 17.3 Å². The summed E-state index contributed by atoms with van der Waals surface area (Å²) in [6.07, 6.45) is -0.398. The van der Waals surface area contributed by atoms with Gasteiger partial charge in [-0.1, -0.05) is 73.3 Å². The number of aryl methyl sites for hydroxylation is 4. The number of H-pyrrole nitrogens is 1. The molecule has 0 amide bonds. The molecule has 2 nitrogen and oxygen atoms in total. The third-order valence-electron chi connectivity index (χ3n) is 21.1. The van der Waals surface area contributed by atoms with Crippen molar-refractivity contribution in [3.8, 4) is 46.7 Å². The number of nitrogens with one attached hydrogen (secondary N) is 1. The Bertz CT molecular complexity index is 6720. The second-order valence-electron chi connectivity index (χ2n) is 29.8. The quantitative estimate of drug-likeness (QED) is 0.0565. The highest BCUT2D eigenvalue weighted by atomic mass is 32.1. The summed E-state index contributed by atoms with van der Waals surface area (Å²) in [5.74, 6) is -90.3. The number of halogens is 34. The monoisotopic (exact) mass is 2280 g/mol. The van der Waals surface area contributed by atoms with Gasteiger partial charge in [-0.25, -0.2) is 26.3 Å². The Kier molecular flexibility index (Phi) is 33.0. The van der Waals surface area contributed by atoms with Gasteiger partial charge >= 0.3 is 82.9 Å². The summed E-state index contributed by atoms with van der Waals surface area (Å²) in [6, 6.07) is 40.2. The van der Waals surface area contributed by atoms with Gasteiger partial charge in [0.15, 0.2) is 17.8 Å². The molecule has 0 spiro atoms. The lowest BCUT2D eigenvalue weighted by molar-refractivity contribution is -0.406. The molecule has 3 unspecified atom stereocenters. The van der Waals surface area contributed by atoms with Crippen LogP contribution in [-0.4, -0.2) is 70.4 Å². The Morgan fingerprint density at radius 3 is 1.08 bits per heavy atom. The molecule has 0 radical (unpaired) electrons. The van der Waals surface area contributed by atoms with Crippen LogP contribution in [0.25, 0.3) is 63.4 Å². The summed E-state index contributed by atoms with van der Waals surface area (Å²) in [5.41, 5.74) is -4.82. The first-order chi connectivity index (χ1) is 66.1. The number of aromatic amines is 1. The van der Waals surface area contributed by atoms with E-state index in [0.717, 1.165) is 117 Å². The average Bonchev–Trinajstić information content (AvgIpc) is 1.35. The van der Waals surface area contributed by atoms with E-state index in [9.17, 15) is 149 Å². The molecule has 0 aliphatic heterocycles. The lowest BCUT2D eigenvalue weighted by atomic mass is 9.89. The van der Waals surface area contributed by atoms with Gasteiger partial charge in [-0.15, -0.1) is 159 Å². The Hall–Kier alpha value is -9.11. The second kappa shape index (κ2) is 42.0. The molecular weight excluding hydrogens is 2230 g/mol. The number of nitrogens with zero attached hydrogens (tertiary/aromatic N) is 1. The summed E-state index contributed by atoms with van der Waals surface area (Å²) in [5, 5.41) is 25.8. The van der Waals surface area contributed by atoms with Crippen LogP contribution in [0.5, 0.6) is 0 Å². The Morgan fingerprint density at radius 2 is 0.739 bits per heavy atom. The van der Waals surface area contributed by atoms with Gasteiger partial charge in [-0.05, 0) is 201 Å². The summed E-state index contributed by atoms with van der Waals surface area (Å²) in [6.45, 7) is 9.11. The fraction of sp³-hybridized carbons (Fsp3) is 0.228. The maximum Gasteiger partial charge on any atom is 0.385 e. The van der Waals surface area contributed by atoms with E-state index >= 15 is 0 Å². The van der Waals surface area contributed by atoms with E-state index in [4.69, 9.17) is 5.26 Å². The van der Waals surface area contributed by atoms with E-state index < -0.39 is 160 Å². The van der Waals surface area contributed by atoms with Crippen LogP contribution in [0.3, 0.4) is 0 Å². The van der Waals surface area contributed by atoms with E-state index in [1.165, 1.54) is 101 Å².